The summed E-state index contributed by atoms with van der Waals surface area (Å²) in [4.78, 5) is 13.4. The van der Waals surface area contributed by atoms with Crippen molar-refractivity contribution in [3.05, 3.63) is 36.5 Å². The Morgan fingerprint density at radius 1 is 0.350 bits per heavy atom. The first-order valence-electron chi connectivity index (χ1n) is 44.7. The van der Waals surface area contributed by atoms with E-state index in [9.17, 15) is 45.6 Å². The molecule has 0 spiro atoms. The monoisotopic (exact) mass is 1460 g/mol. The molecule has 0 aromatic heterocycles. The predicted molar refractivity (Wildman–Crippen MR) is 429 cm³/mol. The molecular formula is C89H169NO13. The van der Waals surface area contributed by atoms with Crippen molar-refractivity contribution in [3.63, 3.8) is 0 Å². The molecule has 2 aliphatic rings. The maximum atomic E-state index is 13.4. The highest BCUT2D eigenvalue weighted by molar-refractivity contribution is 5.76. The minimum Gasteiger partial charge on any atom is -0.394 e. The van der Waals surface area contributed by atoms with Crippen LogP contribution in [-0.4, -0.2) is 140 Å². The summed E-state index contributed by atoms with van der Waals surface area (Å²) in [6, 6.07) is -0.915. The third-order valence-electron chi connectivity index (χ3n) is 22.1. The number of nitrogens with one attached hydrogen (secondary N) is 1. The van der Waals surface area contributed by atoms with Gasteiger partial charge in [-0.1, -0.05) is 410 Å². The van der Waals surface area contributed by atoms with Crippen molar-refractivity contribution >= 4 is 5.91 Å². The minimum absolute atomic E-state index is 0.229. The zero-order valence-electron chi connectivity index (χ0n) is 67.1. The third-order valence-corrected chi connectivity index (χ3v) is 22.1. The molecular weight excluding hydrogens is 1290 g/mol. The number of ether oxygens (including phenoxy) is 4. The van der Waals surface area contributed by atoms with Crippen LogP contribution in [-0.2, 0) is 23.7 Å². The second-order valence-electron chi connectivity index (χ2n) is 31.7. The number of hydrogen-bond acceptors (Lipinski definition) is 13. The number of unbranched alkanes of at least 4 members (excludes halogenated alkanes) is 60. The first-order chi connectivity index (χ1) is 50.6. The van der Waals surface area contributed by atoms with Gasteiger partial charge >= 0.3 is 0 Å². The van der Waals surface area contributed by atoms with Gasteiger partial charge in [-0.2, -0.15) is 0 Å². The minimum atomic E-state index is -1.79. The van der Waals surface area contributed by atoms with Crippen molar-refractivity contribution in [3.8, 4) is 0 Å². The van der Waals surface area contributed by atoms with Crippen molar-refractivity contribution in [2.75, 3.05) is 19.8 Å². The fourth-order valence-corrected chi connectivity index (χ4v) is 15.0. The van der Waals surface area contributed by atoms with Crippen molar-refractivity contribution < 1.29 is 64.6 Å². The zero-order valence-corrected chi connectivity index (χ0v) is 67.1. The molecule has 0 aromatic carbocycles. The average molecular weight is 1460 g/mol. The summed E-state index contributed by atoms with van der Waals surface area (Å²) in [7, 11) is 0. The second kappa shape index (κ2) is 73.0. The molecule has 2 rings (SSSR count). The van der Waals surface area contributed by atoms with Gasteiger partial charge in [0.2, 0.25) is 5.91 Å². The van der Waals surface area contributed by atoms with Gasteiger partial charge in [0.05, 0.1) is 32.0 Å². The lowest BCUT2D eigenvalue weighted by molar-refractivity contribution is -0.359. The van der Waals surface area contributed by atoms with Crippen LogP contribution in [0.3, 0.4) is 0 Å². The molecule has 0 aromatic rings. The van der Waals surface area contributed by atoms with Crippen LogP contribution in [0.15, 0.2) is 36.5 Å². The molecule has 0 aliphatic carbocycles. The van der Waals surface area contributed by atoms with Crippen molar-refractivity contribution in [1.82, 2.24) is 5.32 Å². The van der Waals surface area contributed by atoms with Crippen LogP contribution in [0.5, 0.6) is 0 Å². The molecule has 14 nitrogen and oxygen atoms in total. The van der Waals surface area contributed by atoms with E-state index in [-0.39, 0.29) is 18.9 Å². The Morgan fingerprint density at radius 2 is 0.641 bits per heavy atom. The summed E-state index contributed by atoms with van der Waals surface area (Å²) in [5.74, 6) is -0.229. The number of hydrogen-bond donors (Lipinski definition) is 9. The van der Waals surface area contributed by atoms with Gasteiger partial charge in [-0.15, -0.1) is 0 Å². The molecule has 12 unspecified atom stereocenters. The van der Waals surface area contributed by atoms with Crippen LogP contribution < -0.4 is 5.32 Å². The lowest BCUT2D eigenvalue weighted by Gasteiger charge is -2.46. The van der Waals surface area contributed by atoms with Gasteiger partial charge in [0.1, 0.15) is 48.8 Å². The molecule has 2 fully saturated rings. The van der Waals surface area contributed by atoms with Crippen LogP contribution in [0.2, 0.25) is 0 Å². The molecule has 2 heterocycles. The van der Waals surface area contributed by atoms with Crippen molar-refractivity contribution in [2.24, 2.45) is 0 Å². The molecule has 2 saturated heterocycles. The molecule has 2 aliphatic heterocycles. The number of rotatable bonds is 77. The van der Waals surface area contributed by atoms with Gasteiger partial charge in [0, 0.05) is 6.42 Å². The number of aliphatic hydroxyl groups is 8. The molecule has 0 saturated carbocycles. The molecule has 1 amide bonds. The molecule has 0 bridgehead atoms. The lowest BCUT2D eigenvalue weighted by Crippen LogP contribution is -2.65. The number of carbonyl (C=O) groups is 1. The highest BCUT2D eigenvalue weighted by Gasteiger charge is 2.51. The fourth-order valence-electron chi connectivity index (χ4n) is 15.0. The topological polar surface area (TPSA) is 228 Å². The third kappa shape index (κ3) is 55.3. The maximum Gasteiger partial charge on any atom is 0.220 e. The Balaban J connectivity index is 1.55. The summed E-state index contributed by atoms with van der Waals surface area (Å²) >= 11 is 0. The average Bonchev–Trinajstić information content (AvgIpc) is 0.791. The normalized spacial score (nSPS) is 21.7. The van der Waals surface area contributed by atoms with Crippen LogP contribution in [0, 0.1) is 0 Å². The molecule has 12 atom stereocenters. The molecule has 0 radical (unpaired) electrons. The van der Waals surface area contributed by atoms with Crippen molar-refractivity contribution in [2.45, 2.75) is 505 Å². The standard InChI is InChI=1S/C89H169NO13/c1-3-5-7-9-11-13-15-17-19-21-23-25-27-29-31-33-34-35-36-37-38-39-40-41-42-43-44-45-47-49-51-53-55-57-59-61-63-65-67-69-71-73-81(94)90-77(76-100-88-86(99)84(97)87(80(75-92)102-88)103-89-85(98)83(96)82(95)79(74-91)101-89)78(93)72-70-68-66-64-62-60-58-56-54-52-50-48-46-32-30-28-26-24-22-20-18-16-14-12-10-8-6-4-2/h15,17,21,23,70,72,77-80,82-89,91-93,95-99H,3-14,16,18-20,22,24-69,71,73-76H2,1-2H3,(H,90,94)/b17-15-,23-21-,72-70+. The fraction of sp³-hybridized carbons (Fsp3) is 0.921. The summed E-state index contributed by atoms with van der Waals surface area (Å²) < 4.78 is 23.0. The van der Waals surface area contributed by atoms with Crippen LogP contribution >= 0.6 is 0 Å². The second-order valence-corrected chi connectivity index (χ2v) is 31.7. The smallest absolute Gasteiger partial charge is 0.220 e. The van der Waals surface area contributed by atoms with E-state index in [0.29, 0.717) is 6.42 Å². The van der Waals surface area contributed by atoms with E-state index >= 15 is 0 Å². The Labute approximate surface area is 633 Å². The van der Waals surface area contributed by atoms with Gasteiger partial charge in [0.15, 0.2) is 12.6 Å². The summed E-state index contributed by atoms with van der Waals surface area (Å²) in [6.07, 6.45) is 81.2. The summed E-state index contributed by atoms with van der Waals surface area (Å²) in [5.41, 5.74) is 0. The van der Waals surface area contributed by atoms with Crippen molar-refractivity contribution in [1.29, 1.82) is 0 Å². The van der Waals surface area contributed by atoms with E-state index in [4.69, 9.17) is 18.9 Å². The van der Waals surface area contributed by atoms with E-state index in [1.165, 1.54) is 360 Å². The molecule has 103 heavy (non-hydrogen) atoms. The lowest BCUT2D eigenvalue weighted by atomic mass is 9.97. The van der Waals surface area contributed by atoms with Gasteiger partial charge < -0.3 is 65.1 Å². The highest BCUT2D eigenvalue weighted by Crippen LogP contribution is 2.31. The van der Waals surface area contributed by atoms with E-state index < -0.39 is 86.8 Å². The first-order valence-corrected chi connectivity index (χ1v) is 44.7. The Bertz CT molecular complexity index is 1870. The quantitative estimate of drug-likeness (QED) is 0.0204. The van der Waals surface area contributed by atoms with Gasteiger partial charge in [-0.25, -0.2) is 0 Å². The van der Waals surface area contributed by atoms with E-state index in [0.717, 1.165) is 44.9 Å². The van der Waals surface area contributed by atoms with Gasteiger partial charge in [-0.05, 0) is 51.4 Å². The number of aliphatic hydroxyl groups excluding tert-OH is 8. The van der Waals surface area contributed by atoms with E-state index in [1.54, 1.807) is 6.08 Å². The van der Waals surface area contributed by atoms with Gasteiger partial charge in [-0.3, -0.25) is 4.79 Å². The highest BCUT2D eigenvalue weighted by atomic mass is 16.7. The molecule has 9 N–H and O–H groups in total. The first kappa shape index (κ1) is 97.3. The Morgan fingerprint density at radius 3 is 0.971 bits per heavy atom. The summed E-state index contributed by atoms with van der Waals surface area (Å²) in [5, 5.41) is 87.8. The molecule has 14 heteroatoms. The van der Waals surface area contributed by atoms with Crippen LogP contribution in [0.25, 0.3) is 0 Å². The van der Waals surface area contributed by atoms with E-state index in [2.05, 4.69) is 43.5 Å². The van der Waals surface area contributed by atoms with Gasteiger partial charge in [0.25, 0.3) is 0 Å². The predicted octanol–water partition coefficient (Wildman–Crippen LogP) is 21.5. The SMILES string of the molecule is CCCCCCC/C=C\C/C=C\CCCCCCCCCCCCCCCCCCCCCCCCCCCCCCCC(=O)NC(COC1OC(CO)C(OC2OC(CO)C(O)C(O)C2O)C(O)C1O)C(O)/C=C/CCCCCCCCCCCCCCCCCCCCCCCCCCCC. The Kier molecular flexibility index (Phi) is 69.0. The number of amides is 1. The summed E-state index contributed by atoms with van der Waals surface area (Å²) in [6.45, 7) is 2.87. The Hall–Kier alpha value is -1.79. The zero-order chi connectivity index (χ0) is 74.4. The number of carbonyl (C=O) groups excluding carboxylic acids is 1. The van der Waals surface area contributed by atoms with Crippen LogP contribution in [0.1, 0.15) is 431 Å². The maximum absolute atomic E-state index is 13.4. The number of allylic oxidation sites excluding steroid dienone is 5. The van der Waals surface area contributed by atoms with Crippen LogP contribution in [0.4, 0.5) is 0 Å². The molecule has 608 valence electrons. The largest absolute Gasteiger partial charge is 0.394 e. The van der Waals surface area contributed by atoms with E-state index in [1.807, 2.05) is 6.08 Å².